The van der Waals surface area contributed by atoms with Gasteiger partial charge in [0.1, 0.15) is 16.9 Å². The molecule has 192 valence electrons. The highest BCUT2D eigenvalue weighted by Gasteiger charge is 2.20. The van der Waals surface area contributed by atoms with Gasteiger partial charge in [-0.3, -0.25) is 4.79 Å². The quantitative estimate of drug-likeness (QED) is 0.172. The first-order valence-electron chi connectivity index (χ1n) is 11.5. The normalized spacial score (nSPS) is 10.7. The molecule has 0 aliphatic heterocycles. The lowest BCUT2D eigenvalue weighted by molar-refractivity contribution is 0.0733. The van der Waals surface area contributed by atoms with E-state index in [1.165, 1.54) is 37.4 Å². The molecule has 0 aliphatic rings. The summed E-state index contributed by atoms with van der Waals surface area (Å²) < 4.78 is 32.6. The molecule has 3 aromatic rings. The Balaban J connectivity index is 1.87. The second-order valence-corrected chi connectivity index (χ2v) is 7.39. The van der Waals surface area contributed by atoms with Crippen LogP contribution >= 0.6 is 0 Å². The first-order chi connectivity index (χ1) is 17.4. The van der Waals surface area contributed by atoms with E-state index in [4.69, 9.17) is 28.1 Å². The minimum absolute atomic E-state index is 0.135. The fraction of sp³-hybridized carbons (Fsp3) is 0.346. The summed E-state index contributed by atoms with van der Waals surface area (Å²) >= 11 is 0. The van der Waals surface area contributed by atoms with E-state index in [2.05, 4.69) is 5.32 Å². The molecule has 0 aliphatic carbocycles. The molecule has 0 bridgehead atoms. The van der Waals surface area contributed by atoms with E-state index in [0.29, 0.717) is 49.1 Å². The molecule has 10 nitrogen and oxygen atoms in total. The molecule has 2 aromatic carbocycles. The highest BCUT2D eigenvalue weighted by atomic mass is 16.5. The molecule has 0 atom stereocenters. The second kappa shape index (κ2) is 12.6. The van der Waals surface area contributed by atoms with Crippen LogP contribution in [-0.2, 0) is 4.74 Å². The monoisotopic (exact) mass is 499 g/mol. The SMILES string of the molecule is CCOc1cc(C(=O)Oc2ccc3cc(C(=O)NCCOC)c(=O)oc3c2)cc(OCC)c1OCC. The number of esters is 1. The van der Waals surface area contributed by atoms with Gasteiger partial charge in [-0.2, -0.15) is 0 Å². The van der Waals surface area contributed by atoms with Crippen LogP contribution in [0, 0.1) is 0 Å². The topological polar surface area (TPSA) is 123 Å². The predicted octanol–water partition coefficient (Wildman–Crippen LogP) is 3.58. The Morgan fingerprint density at radius 3 is 2.19 bits per heavy atom. The molecule has 0 spiro atoms. The Morgan fingerprint density at radius 2 is 1.58 bits per heavy atom. The number of hydrogen-bond donors (Lipinski definition) is 1. The number of ether oxygens (including phenoxy) is 5. The fourth-order valence-electron chi connectivity index (χ4n) is 3.35. The van der Waals surface area contributed by atoms with Crippen molar-refractivity contribution in [2.45, 2.75) is 20.8 Å². The fourth-order valence-corrected chi connectivity index (χ4v) is 3.35. The summed E-state index contributed by atoms with van der Waals surface area (Å²) in [4.78, 5) is 37.5. The average molecular weight is 500 g/mol. The van der Waals surface area contributed by atoms with E-state index in [-0.39, 0.29) is 29.0 Å². The van der Waals surface area contributed by atoms with Crippen LogP contribution in [0.3, 0.4) is 0 Å². The summed E-state index contributed by atoms with van der Waals surface area (Å²) in [6.07, 6.45) is 0. The van der Waals surface area contributed by atoms with Crippen molar-refractivity contribution in [3.05, 3.63) is 57.9 Å². The van der Waals surface area contributed by atoms with Gasteiger partial charge in [0.25, 0.3) is 5.91 Å². The number of fused-ring (bicyclic) bond motifs is 1. The van der Waals surface area contributed by atoms with Crippen LogP contribution < -0.4 is 29.9 Å². The Kier molecular flexibility index (Phi) is 9.29. The lowest BCUT2D eigenvalue weighted by Gasteiger charge is -2.16. The molecule has 1 aromatic heterocycles. The molecule has 0 radical (unpaired) electrons. The van der Waals surface area contributed by atoms with Gasteiger partial charge < -0.3 is 33.4 Å². The first-order valence-corrected chi connectivity index (χ1v) is 11.5. The minimum Gasteiger partial charge on any atom is -0.490 e. The molecule has 0 fully saturated rings. The van der Waals surface area contributed by atoms with Gasteiger partial charge >= 0.3 is 11.6 Å². The molecule has 1 amide bonds. The summed E-state index contributed by atoms with van der Waals surface area (Å²) in [7, 11) is 1.51. The highest BCUT2D eigenvalue weighted by molar-refractivity contribution is 5.97. The first kappa shape index (κ1) is 26.6. The highest BCUT2D eigenvalue weighted by Crippen LogP contribution is 2.39. The zero-order valence-electron chi connectivity index (χ0n) is 20.7. The lowest BCUT2D eigenvalue weighted by Crippen LogP contribution is -2.30. The molecule has 1 heterocycles. The number of benzene rings is 2. The van der Waals surface area contributed by atoms with Crippen LogP contribution in [-0.4, -0.2) is 52.0 Å². The van der Waals surface area contributed by atoms with Crippen molar-refractivity contribution in [1.82, 2.24) is 5.32 Å². The third-order valence-corrected chi connectivity index (χ3v) is 4.90. The lowest BCUT2D eigenvalue weighted by atomic mass is 10.1. The van der Waals surface area contributed by atoms with Crippen molar-refractivity contribution in [2.24, 2.45) is 0 Å². The largest absolute Gasteiger partial charge is 0.490 e. The van der Waals surface area contributed by atoms with Crippen LogP contribution in [0.2, 0.25) is 0 Å². The average Bonchev–Trinajstić information content (AvgIpc) is 2.85. The number of carbonyl (C=O) groups excluding carboxylic acids is 2. The van der Waals surface area contributed by atoms with Gasteiger partial charge in [-0.1, -0.05) is 0 Å². The summed E-state index contributed by atoms with van der Waals surface area (Å²) in [6, 6.07) is 8.99. The number of hydrogen-bond acceptors (Lipinski definition) is 9. The van der Waals surface area contributed by atoms with Gasteiger partial charge in [0.2, 0.25) is 5.75 Å². The van der Waals surface area contributed by atoms with E-state index >= 15 is 0 Å². The Morgan fingerprint density at radius 1 is 0.917 bits per heavy atom. The maximum Gasteiger partial charge on any atom is 0.349 e. The standard InChI is InChI=1S/C26H29NO9/c1-5-32-21-13-17(14-22(33-6-2)23(21)34-7-3)25(29)35-18-9-8-16-12-19(24(28)27-10-11-31-4)26(30)36-20(16)15-18/h8-9,12-15H,5-7,10-11H2,1-4H3,(H,27,28). The van der Waals surface area contributed by atoms with E-state index in [9.17, 15) is 14.4 Å². The number of carbonyl (C=O) groups is 2. The van der Waals surface area contributed by atoms with Crippen LogP contribution in [0.4, 0.5) is 0 Å². The molecule has 0 saturated carbocycles. The smallest absolute Gasteiger partial charge is 0.349 e. The van der Waals surface area contributed by atoms with E-state index in [0.717, 1.165) is 0 Å². The van der Waals surface area contributed by atoms with E-state index < -0.39 is 17.5 Å². The van der Waals surface area contributed by atoms with Crippen LogP contribution in [0.25, 0.3) is 11.0 Å². The van der Waals surface area contributed by atoms with Gasteiger partial charge in [0, 0.05) is 25.1 Å². The van der Waals surface area contributed by atoms with Crippen LogP contribution in [0.5, 0.6) is 23.0 Å². The van der Waals surface area contributed by atoms with Crippen molar-refractivity contribution in [3.63, 3.8) is 0 Å². The van der Waals surface area contributed by atoms with Crippen molar-refractivity contribution < 1.29 is 37.7 Å². The molecule has 3 rings (SSSR count). The second-order valence-electron chi connectivity index (χ2n) is 7.39. The summed E-state index contributed by atoms with van der Waals surface area (Å²) in [5, 5.41) is 3.07. The molecular weight excluding hydrogens is 470 g/mol. The maximum atomic E-state index is 12.9. The number of nitrogens with one attached hydrogen (secondary N) is 1. The van der Waals surface area contributed by atoms with Crippen LogP contribution in [0.15, 0.2) is 45.6 Å². The Bertz CT molecular complexity index is 1260. The number of methoxy groups -OCH3 is 1. The minimum atomic E-state index is -0.810. The van der Waals surface area contributed by atoms with Crippen molar-refractivity contribution >= 4 is 22.8 Å². The summed E-state index contributed by atoms with van der Waals surface area (Å²) in [6.45, 7) is 7.15. The van der Waals surface area contributed by atoms with Gasteiger partial charge in [-0.15, -0.1) is 0 Å². The maximum absolute atomic E-state index is 12.9. The molecular formula is C26H29NO9. The van der Waals surface area contributed by atoms with E-state index in [1.807, 2.05) is 20.8 Å². The molecule has 0 unspecified atom stereocenters. The summed E-state index contributed by atoms with van der Waals surface area (Å²) in [5.41, 5.74) is -0.592. The zero-order chi connectivity index (χ0) is 26.1. The zero-order valence-corrected chi connectivity index (χ0v) is 20.7. The third kappa shape index (κ3) is 6.33. The molecule has 10 heteroatoms. The predicted molar refractivity (Wildman–Crippen MR) is 132 cm³/mol. The Labute approximate surface area is 208 Å². The van der Waals surface area contributed by atoms with Gasteiger partial charge in [-0.25, -0.2) is 9.59 Å². The van der Waals surface area contributed by atoms with Crippen molar-refractivity contribution in [2.75, 3.05) is 40.1 Å². The molecule has 0 saturated heterocycles. The number of amides is 1. The van der Waals surface area contributed by atoms with Gasteiger partial charge in [-0.05, 0) is 51.1 Å². The summed E-state index contributed by atoms with van der Waals surface area (Å²) in [5.74, 6) is 0.0425. The van der Waals surface area contributed by atoms with Crippen LogP contribution in [0.1, 0.15) is 41.5 Å². The van der Waals surface area contributed by atoms with Gasteiger partial charge in [0.15, 0.2) is 11.5 Å². The van der Waals surface area contributed by atoms with E-state index in [1.54, 1.807) is 6.07 Å². The van der Waals surface area contributed by atoms with Crippen molar-refractivity contribution in [1.29, 1.82) is 0 Å². The van der Waals surface area contributed by atoms with Crippen molar-refractivity contribution in [3.8, 4) is 23.0 Å². The van der Waals surface area contributed by atoms with Gasteiger partial charge in [0.05, 0.1) is 32.0 Å². The third-order valence-electron chi connectivity index (χ3n) is 4.90. The number of rotatable bonds is 12. The molecule has 1 N–H and O–H groups in total. The molecule has 36 heavy (non-hydrogen) atoms. The Hall–Kier alpha value is -4.05.